The molecule has 0 unspecified atom stereocenters. The number of likely N-dealkylation sites (tertiary alicyclic amines) is 1. The summed E-state index contributed by atoms with van der Waals surface area (Å²) in [6, 6.07) is 0.824. The van der Waals surface area contributed by atoms with Crippen LogP contribution in [-0.2, 0) is 25.8 Å². The summed E-state index contributed by atoms with van der Waals surface area (Å²) in [5.41, 5.74) is 6.17. The summed E-state index contributed by atoms with van der Waals surface area (Å²) < 4.78 is 64.9. The van der Waals surface area contributed by atoms with E-state index >= 15 is 0 Å². The van der Waals surface area contributed by atoms with E-state index in [0.29, 0.717) is 45.1 Å². The molecule has 1 aliphatic rings. The lowest BCUT2D eigenvalue weighted by molar-refractivity contribution is -0.132. The molecule has 1 aliphatic heterocycles. The summed E-state index contributed by atoms with van der Waals surface area (Å²) in [5, 5.41) is 0. The first-order chi connectivity index (χ1) is 15.5. The molecule has 7 nitrogen and oxygen atoms in total. The number of rotatable bonds is 10. The Morgan fingerprint density at radius 3 is 2.24 bits per heavy atom. The summed E-state index contributed by atoms with van der Waals surface area (Å²) in [5.74, 6) is -5.07. The van der Waals surface area contributed by atoms with Gasteiger partial charge in [-0.2, -0.15) is 0 Å². The number of nitrogens with two attached hydrogens (primary N) is 1. The molecule has 1 aromatic carbocycles. The SMILES string of the molecule is CCN(CC)C(=O)CS(=O)(=O)CCC(=O)N1CCC([C@H](N)Cc2cc(F)c(F)cc2F)CC1. The topological polar surface area (TPSA) is 101 Å². The number of carbonyl (C=O) groups is 2. The highest BCUT2D eigenvalue weighted by Crippen LogP contribution is 2.24. The molecule has 2 N–H and O–H groups in total. The lowest BCUT2D eigenvalue weighted by atomic mass is 9.86. The second kappa shape index (κ2) is 11.8. The molecule has 1 atom stereocenters. The monoisotopic (exact) mass is 491 g/mol. The van der Waals surface area contributed by atoms with E-state index in [-0.39, 0.29) is 30.2 Å². The van der Waals surface area contributed by atoms with Gasteiger partial charge in [-0.15, -0.1) is 0 Å². The highest BCUT2D eigenvalue weighted by atomic mass is 32.2. The van der Waals surface area contributed by atoms with Gasteiger partial charge in [-0.05, 0) is 50.7 Å². The minimum absolute atomic E-state index is 0.00405. The number of hydrogen-bond donors (Lipinski definition) is 1. The molecule has 0 radical (unpaired) electrons. The van der Waals surface area contributed by atoms with E-state index in [1.54, 1.807) is 18.7 Å². The maximum Gasteiger partial charge on any atom is 0.237 e. The molecule has 2 amide bonds. The summed E-state index contributed by atoms with van der Waals surface area (Å²) >= 11 is 0. The van der Waals surface area contributed by atoms with Crippen LogP contribution in [0.15, 0.2) is 12.1 Å². The Morgan fingerprint density at radius 2 is 1.67 bits per heavy atom. The van der Waals surface area contributed by atoms with Crippen LogP contribution in [0.1, 0.15) is 38.7 Å². The average molecular weight is 492 g/mol. The van der Waals surface area contributed by atoms with E-state index in [0.717, 1.165) is 6.07 Å². The zero-order valence-electron chi connectivity index (χ0n) is 19.0. The summed E-state index contributed by atoms with van der Waals surface area (Å²) in [7, 11) is -3.70. The number of hydrogen-bond acceptors (Lipinski definition) is 5. The van der Waals surface area contributed by atoms with E-state index < -0.39 is 50.7 Å². The maximum absolute atomic E-state index is 13.9. The van der Waals surface area contributed by atoms with Crippen molar-refractivity contribution in [3.63, 3.8) is 0 Å². The van der Waals surface area contributed by atoms with Crippen LogP contribution in [0.25, 0.3) is 0 Å². The smallest absolute Gasteiger partial charge is 0.237 e. The van der Waals surface area contributed by atoms with Gasteiger partial charge in [-0.25, -0.2) is 21.6 Å². The fourth-order valence-electron chi connectivity index (χ4n) is 4.05. The zero-order valence-corrected chi connectivity index (χ0v) is 19.8. The molecule has 1 saturated heterocycles. The molecule has 186 valence electrons. The molecule has 0 saturated carbocycles. The van der Waals surface area contributed by atoms with Crippen LogP contribution in [0.2, 0.25) is 0 Å². The number of halogens is 3. The van der Waals surface area contributed by atoms with E-state index in [9.17, 15) is 31.2 Å². The Hall–Kier alpha value is -2.14. The van der Waals surface area contributed by atoms with Crippen LogP contribution in [-0.4, -0.2) is 73.8 Å². The minimum Gasteiger partial charge on any atom is -0.343 e. The normalized spacial score (nSPS) is 16.0. The van der Waals surface area contributed by atoms with Crippen molar-refractivity contribution in [3.05, 3.63) is 35.1 Å². The highest BCUT2D eigenvalue weighted by molar-refractivity contribution is 7.92. The Kier molecular flexibility index (Phi) is 9.71. The fraction of sp³-hybridized carbons (Fsp3) is 0.636. The summed E-state index contributed by atoms with van der Waals surface area (Å²) in [6.07, 6.45) is 0.905. The number of benzene rings is 1. The highest BCUT2D eigenvalue weighted by Gasteiger charge is 2.29. The first-order valence-corrected chi connectivity index (χ1v) is 12.9. The van der Waals surface area contributed by atoms with Crippen molar-refractivity contribution in [2.24, 2.45) is 11.7 Å². The Bertz CT molecular complexity index is 946. The van der Waals surface area contributed by atoms with Gasteiger partial charge >= 0.3 is 0 Å². The summed E-state index contributed by atoms with van der Waals surface area (Å²) in [4.78, 5) is 27.5. The molecule has 2 rings (SSSR count). The molecule has 1 heterocycles. The number of amides is 2. The van der Waals surface area contributed by atoms with E-state index in [1.807, 2.05) is 0 Å². The summed E-state index contributed by atoms with van der Waals surface area (Å²) in [6.45, 7) is 5.11. The van der Waals surface area contributed by atoms with Gasteiger partial charge in [0.2, 0.25) is 11.8 Å². The lowest BCUT2D eigenvalue weighted by Crippen LogP contribution is -2.44. The molecule has 0 spiro atoms. The molecule has 1 fully saturated rings. The second-order valence-electron chi connectivity index (χ2n) is 8.35. The van der Waals surface area contributed by atoms with E-state index in [4.69, 9.17) is 5.73 Å². The molecule has 0 aromatic heterocycles. The van der Waals surface area contributed by atoms with Crippen molar-refractivity contribution in [1.82, 2.24) is 9.80 Å². The zero-order chi connectivity index (χ0) is 24.8. The molecule has 11 heteroatoms. The van der Waals surface area contributed by atoms with Gasteiger partial charge in [0.05, 0.1) is 5.75 Å². The van der Waals surface area contributed by atoms with Crippen LogP contribution in [0.3, 0.4) is 0 Å². The average Bonchev–Trinajstić information content (AvgIpc) is 2.76. The molecular weight excluding hydrogens is 459 g/mol. The van der Waals surface area contributed by atoms with Crippen molar-refractivity contribution in [2.75, 3.05) is 37.7 Å². The van der Waals surface area contributed by atoms with E-state index in [2.05, 4.69) is 0 Å². The van der Waals surface area contributed by atoms with Gasteiger partial charge in [0, 0.05) is 44.7 Å². The Labute approximate surface area is 193 Å². The van der Waals surface area contributed by atoms with Gasteiger partial charge in [-0.3, -0.25) is 9.59 Å². The number of piperidine rings is 1. The number of nitrogens with zero attached hydrogens (tertiary/aromatic N) is 2. The van der Waals surface area contributed by atoms with E-state index in [1.165, 1.54) is 4.90 Å². The standard InChI is InChI=1S/C22H32F3N3O4S/c1-3-27(4-2)22(30)14-33(31,32)10-7-21(29)28-8-5-15(6-9-28)20(26)12-16-11-18(24)19(25)13-17(16)23/h11,13,15,20H,3-10,12,14,26H2,1-2H3/t20-/m1/s1. The predicted molar refractivity (Wildman–Crippen MR) is 118 cm³/mol. The molecule has 0 aliphatic carbocycles. The quantitative estimate of drug-likeness (QED) is 0.504. The number of sulfone groups is 1. The van der Waals surface area contributed by atoms with Crippen LogP contribution >= 0.6 is 0 Å². The lowest BCUT2D eigenvalue weighted by Gasteiger charge is -2.35. The number of carbonyl (C=O) groups excluding carboxylic acids is 2. The Morgan fingerprint density at radius 1 is 1.09 bits per heavy atom. The predicted octanol–water partition coefficient (Wildman–Crippen LogP) is 1.89. The van der Waals surface area contributed by atoms with Crippen molar-refractivity contribution in [1.29, 1.82) is 0 Å². The van der Waals surface area contributed by atoms with Gasteiger partial charge in [0.25, 0.3) is 0 Å². The molecule has 0 bridgehead atoms. The van der Waals surface area contributed by atoms with Crippen LogP contribution < -0.4 is 5.73 Å². The van der Waals surface area contributed by atoms with Crippen molar-refractivity contribution >= 4 is 21.7 Å². The first-order valence-electron chi connectivity index (χ1n) is 11.1. The van der Waals surface area contributed by atoms with Gasteiger partial charge in [0.15, 0.2) is 21.5 Å². The van der Waals surface area contributed by atoms with Crippen LogP contribution in [0.4, 0.5) is 13.2 Å². The maximum atomic E-state index is 13.9. The fourth-order valence-corrected chi connectivity index (χ4v) is 5.24. The van der Waals surface area contributed by atoms with Gasteiger partial charge < -0.3 is 15.5 Å². The Balaban J connectivity index is 1.82. The van der Waals surface area contributed by atoms with Crippen molar-refractivity contribution < 1.29 is 31.2 Å². The van der Waals surface area contributed by atoms with Crippen LogP contribution in [0.5, 0.6) is 0 Å². The third-order valence-electron chi connectivity index (χ3n) is 6.13. The second-order valence-corrected chi connectivity index (χ2v) is 10.5. The third kappa shape index (κ3) is 7.70. The molecule has 33 heavy (non-hydrogen) atoms. The van der Waals surface area contributed by atoms with Crippen LogP contribution in [0, 0.1) is 23.4 Å². The first kappa shape index (κ1) is 27.1. The van der Waals surface area contributed by atoms with Crippen molar-refractivity contribution in [3.8, 4) is 0 Å². The van der Waals surface area contributed by atoms with Crippen molar-refractivity contribution in [2.45, 2.75) is 45.6 Å². The molecule has 1 aromatic rings. The molecular formula is C22H32F3N3O4S. The minimum atomic E-state index is -3.70. The van der Waals surface area contributed by atoms with Gasteiger partial charge in [-0.1, -0.05) is 0 Å². The largest absolute Gasteiger partial charge is 0.343 e. The third-order valence-corrected chi connectivity index (χ3v) is 7.64. The van der Waals surface area contributed by atoms with Gasteiger partial charge in [0.1, 0.15) is 11.6 Å².